The number of likely N-dealkylation sites (tertiary alicyclic amines) is 1. The van der Waals surface area contributed by atoms with Crippen molar-refractivity contribution in [2.45, 2.75) is 64.3 Å². The average molecular weight is 341 g/mol. The van der Waals surface area contributed by atoms with E-state index < -0.39 is 0 Å². The van der Waals surface area contributed by atoms with Crippen molar-refractivity contribution in [2.24, 2.45) is 0 Å². The number of hydrogen-bond acceptors (Lipinski definition) is 5. The molecule has 6 nitrogen and oxygen atoms in total. The van der Waals surface area contributed by atoms with Gasteiger partial charge < -0.3 is 4.74 Å². The van der Waals surface area contributed by atoms with Crippen molar-refractivity contribution in [3.05, 3.63) is 41.2 Å². The Morgan fingerprint density at radius 1 is 1.16 bits per heavy atom. The molecule has 0 spiro atoms. The molecule has 2 aliphatic rings. The second kappa shape index (κ2) is 7.22. The average Bonchev–Trinajstić information content (AvgIpc) is 3.37. The first-order valence-electron chi connectivity index (χ1n) is 9.40. The van der Waals surface area contributed by atoms with Crippen LogP contribution in [0, 0.1) is 6.92 Å². The van der Waals surface area contributed by atoms with Gasteiger partial charge in [0.25, 0.3) is 0 Å². The third-order valence-electron chi connectivity index (χ3n) is 5.54. The van der Waals surface area contributed by atoms with E-state index in [0.29, 0.717) is 18.8 Å². The van der Waals surface area contributed by atoms with Crippen molar-refractivity contribution < 1.29 is 4.74 Å². The fourth-order valence-corrected chi connectivity index (χ4v) is 3.63. The SMILES string of the molecule is Cc1ccccc1COC1CCN(C(C)c2nnnn2C2CC2)CC1. The van der Waals surface area contributed by atoms with Gasteiger partial charge in [-0.2, -0.15) is 0 Å². The minimum absolute atomic E-state index is 0.271. The number of nitrogens with zero attached hydrogens (tertiary/aromatic N) is 5. The van der Waals surface area contributed by atoms with Gasteiger partial charge in [-0.15, -0.1) is 5.10 Å². The maximum Gasteiger partial charge on any atom is 0.168 e. The molecule has 1 aliphatic carbocycles. The van der Waals surface area contributed by atoms with Gasteiger partial charge in [0.15, 0.2) is 5.82 Å². The van der Waals surface area contributed by atoms with Crippen LogP contribution in [-0.4, -0.2) is 44.3 Å². The first kappa shape index (κ1) is 16.7. The van der Waals surface area contributed by atoms with Crippen LogP contribution in [0.5, 0.6) is 0 Å². The van der Waals surface area contributed by atoms with E-state index in [9.17, 15) is 0 Å². The molecule has 1 saturated heterocycles. The van der Waals surface area contributed by atoms with Gasteiger partial charge in [-0.05, 0) is 61.1 Å². The number of ether oxygens (including phenoxy) is 1. The van der Waals surface area contributed by atoms with Crippen LogP contribution < -0.4 is 0 Å². The van der Waals surface area contributed by atoms with Crippen LogP contribution >= 0.6 is 0 Å². The highest BCUT2D eigenvalue weighted by molar-refractivity contribution is 5.24. The predicted molar refractivity (Wildman–Crippen MR) is 95.1 cm³/mol. The van der Waals surface area contributed by atoms with Gasteiger partial charge in [0.05, 0.1) is 24.8 Å². The Kier molecular flexibility index (Phi) is 4.81. The molecule has 0 radical (unpaired) electrons. The number of rotatable bonds is 6. The Morgan fingerprint density at radius 2 is 1.92 bits per heavy atom. The normalized spacial score (nSPS) is 20.7. The van der Waals surface area contributed by atoms with Gasteiger partial charge in [0, 0.05) is 13.1 Å². The Balaban J connectivity index is 1.29. The van der Waals surface area contributed by atoms with E-state index >= 15 is 0 Å². The molecule has 134 valence electrons. The van der Waals surface area contributed by atoms with Crippen LogP contribution in [-0.2, 0) is 11.3 Å². The minimum Gasteiger partial charge on any atom is -0.373 e. The number of aryl methyl sites for hydroxylation is 1. The van der Waals surface area contributed by atoms with Gasteiger partial charge in [-0.3, -0.25) is 4.90 Å². The molecule has 6 heteroatoms. The van der Waals surface area contributed by atoms with Gasteiger partial charge in [-0.1, -0.05) is 24.3 Å². The second-order valence-corrected chi connectivity index (χ2v) is 7.36. The number of benzene rings is 1. The summed E-state index contributed by atoms with van der Waals surface area (Å²) >= 11 is 0. The number of aromatic nitrogens is 4. The van der Waals surface area contributed by atoms with Gasteiger partial charge >= 0.3 is 0 Å². The summed E-state index contributed by atoms with van der Waals surface area (Å²) in [6.07, 6.45) is 4.91. The minimum atomic E-state index is 0.271. The van der Waals surface area contributed by atoms with Crippen LogP contribution in [0.4, 0.5) is 0 Å². The zero-order valence-corrected chi connectivity index (χ0v) is 15.1. The molecule has 0 bridgehead atoms. The topological polar surface area (TPSA) is 56.1 Å². The summed E-state index contributed by atoms with van der Waals surface area (Å²) in [5.74, 6) is 1.02. The first-order chi connectivity index (χ1) is 12.2. The summed E-state index contributed by atoms with van der Waals surface area (Å²) in [5, 5.41) is 12.4. The van der Waals surface area contributed by atoms with Crippen LogP contribution in [0.25, 0.3) is 0 Å². The molecule has 1 unspecified atom stereocenters. The molecule has 2 fully saturated rings. The number of piperidine rings is 1. The van der Waals surface area contributed by atoms with Crippen LogP contribution in [0.3, 0.4) is 0 Å². The highest BCUT2D eigenvalue weighted by Gasteiger charge is 2.32. The first-order valence-corrected chi connectivity index (χ1v) is 9.40. The molecule has 2 heterocycles. The van der Waals surface area contributed by atoms with E-state index in [0.717, 1.165) is 31.8 Å². The molecule has 1 atom stereocenters. The molecule has 25 heavy (non-hydrogen) atoms. The quantitative estimate of drug-likeness (QED) is 0.808. The van der Waals surface area contributed by atoms with Crippen molar-refractivity contribution in [3.8, 4) is 0 Å². The van der Waals surface area contributed by atoms with E-state index in [1.165, 1.54) is 24.0 Å². The largest absolute Gasteiger partial charge is 0.373 e. The van der Waals surface area contributed by atoms with Gasteiger partial charge in [0.1, 0.15) is 0 Å². The summed E-state index contributed by atoms with van der Waals surface area (Å²) in [7, 11) is 0. The smallest absolute Gasteiger partial charge is 0.168 e. The van der Waals surface area contributed by atoms with E-state index in [2.05, 4.69) is 58.5 Å². The highest BCUT2D eigenvalue weighted by Crippen LogP contribution is 2.36. The van der Waals surface area contributed by atoms with Gasteiger partial charge in [0.2, 0.25) is 0 Å². The Labute approximate surface area is 149 Å². The molecule has 0 N–H and O–H groups in total. The Morgan fingerprint density at radius 3 is 2.64 bits per heavy atom. The Bertz CT molecular complexity index is 703. The van der Waals surface area contributed by atoms with E-state index in [-0.39, 0.29) is 6.04 Å². The third kappa shape index (κ3) is 3.75. The zero-order valence-electron chi connectivity index (χ0n) is 15.1. The molecule has 1 aromatic carbocycles. The van der Waals surface area contributed by atoms with Gasteiger partial charge in [-0.25, -0.2) is 4.68 Å². The molecule has 2 aromatic rings. The summed E-state index contributed by atoms with van der Waals surface area (Å²) in [4.78, 5) is 2.48. The lowest BCUT2D eigenvalue weighted by atomic mass is 10.1. The van der Waals surface area contributed by atoms with Crippen molar-refractivity contribution in [1.82, 2.24) is 25.1 Å². The summed E-state index contributed by atoms with van der Waals surface area (Å²) in [6.45, 7) is 7.16. The molecule has 1 aliphatic heterocycles. The van der Waals surface area contributed by atoms with E-state index in [4.69, 9.17) is 4.74 Å². The predicted octanol–water partition coefficient (Wildman–Crippen LogP) is 3.06. The maximum absolute atomic E-state index is 6.17. The maximum atomic E-state index is 6.17. The number of tetrazole rings is 1. The van der Waals surface area contributed by atoms with Crippen LogP contribution in [0.2, 0.25) is 0 Å². The fraction of sp³-hybridized carbons (Fsp3) is 0.632. The lowest BCUT2D eigenvalue weighted by Gasteiger charge is -2.35. The standard InChI is InChI=1S/C19H27N5O/c1-14-5-3-4-6-16(14)13-25-18-9-11-23(12-10-18)15(2)19-20-21-22-24(19)17-7-8-17/h3-6,15,17-18H,7-13H2,1-2H3. The van der Waals surface area contributed by atoms with Crippen LogP contribution in [0.1, 0.15) is 61.6 Å². The molecular formula is C19H27N5O. The van der Waals surface area contributed by atoms with Crippen molar-refractivity contribution in [1.29, 1.82) is 0 Å². The number of hydrogen-bond donors (Lipinski definition) is 0. The Hall–Kier alpha value is -1.79. The lowest BCUT2D eigenvalue weighted by Crippen LogP contribution is -2.39. The zero-order chi connectivity index (χ0) is 17.2. The fourth-order valence-electron chi connectivity index (χ4n) is 3.63. The van der Waals surface area contributed by atoms with Crippen molar-refractivity contribution in [2.75, 3.05) is 13.1 Å². The molecular weight excluding hydrogens is 314 g/mol. The summed E-state index contributed by atoms with van der Waals surface area (Å²) in [5.41, 5.74) is 2.60. The molecule has 0 amide bonds. The second-order valence-electron chi connectivity index (χ2n) is 7.36. The summed E-state index contributed by atoms with van der Waals surface area (Å²) < 4.78 is 8.20. The third-order valence-corrected chi connectivity index (χ3v) is 5.54. The van der Waals surface area contributed by atoms with E-state index in [1.54, 1.807) is 0 Å². The van der Waals surface area contributed by atoms with E-state index in [1.807, 2.05) is 4.68 Å². The lowest BCUT2D eigenvalue weighted by molar-refractivity contribution is -0.0110. The highest BCUT2D eigenvalue weighted by atomic mass is 16.5. The van der Waals surface area contributed by atoms with Crippen LogP contribution in [0.15, 0.2) is 24.3 Å². The summed E-state index contributed by atoms with van der Waals surface area (Å²) in [6, 6.07) is 9.26. The molecule has 1 aromatic heterocycles. The van der Waals surface area contributed by atoms with Crippen molar-refractivity contribution in [3.63, 3.8) is 0 Å². The van der Waals surface area contributed by atoms with Crippen molar-refractivity contribution >= 4 is 0 Å². The molecule has 4 rings (SSSR count). The molecule has 1 saturated carbocycles. The monoisotopic (exact) mass is 341 g/mol.